The monoisotopic (exact) mass is 308 g/mol. The maximum Gasteiger partial charge on any atom is 0.277 e. The summed E-state index contributed by atoms with van der Waals surface area (Å²) in [6.45, 7) is 0.147. The molecule has 0 spiro atoms. The van der Waals surface area contributed by atoms with Gasteiger partial charge in [0.1, 0.15) is 0 Å². The fourth-order valence-corrected chi connectivity index (χ4v) is 2.35. The van der Waals surface area contributed by atoms with Gasteiger partial charge in [-0.05, 0) is 12.8 Å². The normalized spacial score (nSPS) is 17.3. The van der Waals surface area contributed by atoms with Crippen molar-refractivity contribution in [3.05, 3.63) is 44.0 Å². The Morgan fingerprint density at radius 1 is 1.09 bits per heavy atom. The number of non-ortho nitro benzene ring substituents is 2. The predicted molar refractivity (Wildman–Crippen MR) is 68.8 cm³/mol. The third kappa shape index (κ3) is 2.85. The molecule has 0 N–H and O–H groups in total. The molecule has 22 heavy (non-hydrogen) atoms. The number of likely N-dealkylation sites (tertiary alicyclic amines) is 1. The Balaban J connectivity index is 2.42. The number of rotatable bonds is 4. The first-order valence-corrected chi connectivity index (χ1v) is 6.27. The Labute approximate surface area is 123 Å². The van der Waals surface area contributed by atoms with Crippen molar-refractivity contribution in [1.29, 1.82) is 0 Å². The van der Waals surface area contributed by atoms with Gasteiger partial charge in [0, 0.05) is 18.7 Å². The lowest BCUT2D eigenvalue weighted by Gasteiger charge is -2.25. The second-order valence-corrected chi connectivity index (χ2v) is 4.73. The lowest BCUT2D eigenvalue weighted by molar-refractivity contribution is -0.394. The Bertz CT molecular complexity index is 640. The fraction of sp³-hybridized carbons (Fsp3) is 0.333. The van der Waals surface area contributed by atoms with Gasteiger partial charge in [0.2, 0.25) is 0 Å². The number of carbonyl (C=O) groups is 2. The molecular formula is C12H10N3O7-. The Hall–Kier alpha value is -3.04. The molecule has 0 bridgehead atoms. The molecular weight excluding hydrogens is 298 g/mol. The summed E-state index contributed by atoms with van der Waals surface area (Å²) in [5, 5.41) is 32.6. The minimum absolute atomic E-state index is 0.147. The molecule has 0 radical (unpaired) electrons. The fourth-order valence-electron chi connectivity index (χ4n) is 2.35. The summed E-state index contributed by atoms with van der Waals surface area (Å²) < 4.78 is 0. The summed E-state index contributed by atoms with van der Waals surface area (Å²) in [5.41, 5.74) is -1.52. The van der Waals surface area contributed by atoms with E-state index in [9.17, 15) is 34.9 Å². The lowest BCUT2D eigenvalue weighted by atomic mass is 10.1. The van der Waals surface area contributed by atoms with Crippen molar-refractivity contribution < 1.29 is 24.5 Å². The van der Waals surface area contributed by atoms with Crippen LogP contribution in [0.5, 0.6) is 0 Å². The minimum Gasteiger partial charge on any atom is -0.548 e. The van der Waals surface area contributed by atoms with Gasteiger partial charge in [-0.25, -0.2) is 0 Å². The van der Waals surface area contributed by atoms with Crippen LogP contribution in [0.3, 0.4) is 0 Å². The van der Waals surface area contributed by atoms with Crippen molar-refractivity contribution in [3.63, 3.8) is 0 Å². The molecule has 1 aromatic rings. The van der Waals surface area contributed by atoms with Crippen molar-refractivity contribution in [2.24, 2.45) is 0 Å². The zero-order valence-electron chi connectivity index (χ0n) is 11.1. The first-order valence-electron chi connectivity index (χ1n) is 6.27. The number of benzene rings is 1. The highest BCUT2D eigenvalue weighted by atomic mass is 16.6. The number of carboxylic acid groups (broad SMARTS) is 1. The number of carbonyl (C=O) groups excluding carboxylic acids is 2. The Morgan fingerprint density at radius 3 is 2.09 bits per heavy atom. The predicted octanol–water partition coefficient (Wildman–Crippen LogP) is -0.143. The molecule has 1 heterocycles. The van der Waals surface area contributed by atoms with Crippen LogP contribution in [0.2, 0.25) is 0 Å². The molecule has 10 nitrogen and oxygen atoms in total. The van der Waals surface area contributed by atoms with E-state index in [0.29, 0.717) is 6.42 Å². The largest absolute Gasteiger partial charge is 0.548 e. The van der Waals surface area contributed by atoms with Gasteiger partial charge in [0.25, 0.3) is 17.3 Å². The molecule has 0 saturated carbocycles. The van der Waals surface area contributed by atoms with Crippen LogP contribution in [-0.2, 0) is 4.79 Å². The van der Waals surface area contributed by atoms with E-state index in [0.717, 1.165) is 23.1 Å². The molecule has 1 fully saturated rings. The second-order valence-electron chi connectivity index (χ2n) is 4.73. The van der Waals surface area contributed by atoms with Crippen LogP contribution in [0.4, 0.5) is 11.4 Å². The van der Waals surface area contributed by atoms with Gasteiger partial charge in [-0.2, -0.15) is 0 Å². The highest BCUT2D eigenvalue weighted by Crippen LogP contribution is 2.26. The molecule has 1 atom stereocenters. The van der Waals surface area contributed by atoms with Crippen LogP contribution in [0.1, 0.15) is 23.2 Å². The first kappa shape index (κ1) is 15.4. The SMILES string of the molecule is O=C([O-])[C@H]1CCCN1C(=O)c1cc([N+](=O)[O-])cc([N+](=O)[O-])c1. The molecule has 1 aliphatic rings. The summed E-state index contributed by atoms with van der Waals surface area (Å²) >= 11 is 0. The quantitative estimate of drug-likeness (QED) is 0.555. The number of hydrogen-bond acceptors (Lipinski definition) is 7. The number of nitro groups is 2. The average molecular weight is 308 g/mol. The van der Waals surface area contributed by atoms with Crippen LogP contribution < -0.4 is 5.11 Å². The van der Waals surface area contributed by atoms with E-state index in [-0.39, 0.29) is 18.5 Å². The van der Waals surface area contributed by atoms with Crippen molar-refractivity contribution in [1.82, 2.24) is 4.90 Å². The third-order valence-corrected chi connectivity index (χ3v) is 3.36. The maximum absolute atomic E-state index is 12.3. The number of aliphatic carboxylic acids is 1. The van der Waals surface area contributed by atoms with E-state index >= 15 is 0 Å². The molecule has 1 aliphatic heterocycles. The molecule has 1 saturated heterocycles. The molecule has 0 unspecified atom stereocenters. The van der Waals surface area contributed by atoms with Gasteiger partial charge in [0.05, 0.1) is 33.5 Å². The number of nitrogens with zero attached hydrogens (tertiary/aromatic N) is 3. The Kier molecular flexibility index (Phi) is 4.02. The van der Waals surface area contributed by atoms with Gasteiger partial charge >= 0.3 is 0 Å². The topological polar surface area (TPSA) is 147 Å². The molecule has 116 valence electrons. The molecule has 1 aromatic carbocycles. The average Bonchev–Trinajstić information content (AvgIpc) is 2.95. The molecule has 2 rings (SSSR count). The van der Waals surface area contributed by atoms with E-state index in [1.165, 1.54) is 0 Å². The Morgan fingerprint density at radius 2 is 1.64 bits per heavy atom. The standard InChI is InChI=1S/C12H11N3O7/c16-11(13-3-1-2-10(13)12(17)18)7-4-8(14(19)20)6-9(5-7)15(21)22/h4-6,10H,1-3H2,(H,17,18)/p-1/t10-/m1/s1. The number of hydrogen-bond donors (Lipinski definition) is 0. The summed E-state index contributed by atoms with van der Waals surface area (Å²) in [5.74, 6) is -2.23. The summed E-state index contributed by atoms with van der Waals surface area (Å²) in [6.07, 6.45) is 0.659. The van der Waals surface area contributed by atoms with E-state index < -0.39 is 39.1 Å². The van der Waals surface area contributed by atoms with Gasteiger partial charge in [-0.3, -0.25) is 25.0 Å². The number of nitro benzene ring substituents is 2. The zero-order chi connectivity index (χ0) is 16.4. The highest BCUT2D eigenvalue weighted by Gasteiger charge is 2.32. The van der Waals surface area contributed by atoms with E-state index in [4.69, 9.17) is 0 Å². The third-order valence-electron chi connectivity index (χ3n) is 3.36. The molecule has 0 aliphatic carbocycles. The molecule has 0 aromatic heterocycles. The van der Waals surface area contributed by atoms with Crippen molar-refractivity contribution >= 4 is 23.3 Å². The smallest absolute Gasteiger partial charge is 0.277 e. The van der Waals surface area contributed by atoms with Gasteiger partial charge < -0.3 is 14.8 Å². The second kappa shape index (κ2) is 5.76. The lowest BCUT2D eigenvalue weighted by Crippen LogP contribution is -2.47. The molecule has 1 amide bonds. The number of amides is 1. The van der Waals surface area contributed by atoms with Gasteiger partial charge in [-0.1, -0.05) is 0 Å². The van der Waals surface area contributed by atoms with Gasteiger partial charge in [0.15, 0.2) is 0 Å². The summed E-state index contributed by atoms with van der Waals surface area (Å²) in [4.78, 5) is 44.2. The van der Waals surface area contributed by atoms with Crippen LogP contribution in [-0.4, -0.2) is 39.2 Å². The maximum atomic E-state index is 12.3. The van der Waals surface area contributed by atoms with Crippen molar-refractivity contribution in [2.45, 2.75) is 18.9 Å². The van der Waals surface area contributed by atoms with Crippen molar-refractivity contribution in [3.8, 4) is 0 Å². The first-order chi connectivity index (χ1) is 10.3. The summed E-state index contributed by atoms with van der Waals surface area (Å²) in [6, 6.07) is 1.38. The zero-order valence-corrected chi connectivity index (χ0v) is 11.1. The van der Waals surface area contributed by atoms with Crippen LogP contribution in [0.15, 0.2) is 18.2 Å². The summed E-state index contributed by atoms with van der Waals surface area (Å²) in [7, 11) is 0. The van der Waals surface area contributed by atoms with Gasteiger partial charge in [-0.15, -0.1) is 0 Å². The highest BCUT2D eigenvalue weighted by molar-refractivity contribution is 5.98. The number of carboxylic acids is 1. The van der Waals surface area contributed by atoms with Crippen molar-refractivity contribution in [2.75, 3.05) is 6.54 Å². The van der Waals surface area contributed by atoms with E-state index in [2.05, 4.69) is 0 Å². The van der Waals surface area contributed by atoms with Crippen LogP contribution in [0.25, 0.3) is 0 Å². The van der Waals surface area contributed by atoms with E-state index in [1.54, 1.807) is 0 Å². The van der Waals surface area contributed by atoms with Crippen LogP contribution >= 0.6 is 0 Å². The molecule has 10 heteroatoms. The van der Waals surface area contributed by atoms with Crippen LogP contribution in [0, 0.1) is 20.2 Å². The minimum atomic E-state index is -1.43. The van der Waals surface area contributed by atoms with E-state index in [1.807, 2.05) is 0 Å².